The summed E-state index contributed by atoms with van der Waals surface area (Å²) in [5.41, 5.74) is 5.01. The average molecular weight is 340 g/mol. The number of rotatable bonds is 5. The van der Waals surface area contributed by atoms with E-state index in [0.29, 0.717) is 5.92 Å². The second-order valence-electron chi connectivity index (χ2n) is 8.28. The van der Waals surface area contributed by atoms with Gasteiger partial charge >= 0.3 is 0 Å². The normalized spacial score (nSPS) is 16.9. The minimum absolute atomic E-state index is 0.547. The molecular weight excluding hydrogens is 306 g/mol. The van der Waals surface area contributed by atoms with E-state index in [9.17, 15) is 0 Å². The van der Waals surface area contributed by atoms with Crippen molar-refractivity contribution in [3.63, 3.8) is 0 Å². The third-order valence-electron chi connectivity index (χ3n) is 5.79. The van der Waals surface area contributed by atoms with Crippen molar-refractivity contribution in [1.29, 1.82) is 0 Å². The molecule has 1 fully saturated rings. The fourth-order valence-corrected chi connectivity index (χ4v) is 3.86. The number of hydrogen-bond donors (Lipinski definition) is 0. The van der Waals surface area contributed by atoms with Crippen molar-refractivity contribution in [3.05, 3.63) is 41.6 Å². The zero-order valence-electron chi connectivity index (χ0n) is 16.5. The number of nitrogens with zero attached hydrogens (tertiary/aromatic N) is 3. The lowest BCUT2D eigenvalue weighted by atomic mass is 9.87. The molecule has 2 heterocycles. The largest absolute Gasteiger partial charge is 0.298 e. The fraction of sp³-hybridized carbons (Fsp3) is 0.591. The molecule has 0 bridgehead atoms. The van der Waals surface area contributed by atoms with Gasteiger partial charge in [-0.2, -0.15) is 5.10 Å². The van der Waals surface area contributed by atoms with Crippen LogP contribution in [0.2, 0.25) is 0 Å². The number of aryl methyl sites for hydroxylation is 1. The first-order chi connectivity index (χ1) is 11.9. The molecule has 0 radical (unpaired) electrons. The van der Waals surface area contributed by atoms with Crippen LogP contribution in [0.1, 0.15) is 57.7 Å². The first kappa shape index (κ1) is 18.2. The molecule has 1 aliphatic rings. The SMILES string of the molecule is CC(C)c1cccc(-c2cc(CN3CCC(C(C)C)CC3)n(C)n2)c1. The quantitative estimate of drug-likeness (QED) is 0.757. The van der Waals surface area contributed by atoms with E-state index in [4.69, 9.17) is 5.10 Å². The topological polar surface area (TPSA) is 21.1 Å². The standard InChI is InChI=1S/C22H33N3/c1-16(2)18-9-11-25(12-10-18)15-21-14-22(23-24(21)5)20-8-6-7-19(13-20)17(3)4/h6-8,13-14,16-18H,9-12,15H2,1-5H3. The highest BCUT2D eigenvalue weighted by molar-refractivity contribution is 5.60. The van der Waals surface area contributed by atoms with Crippen LogP contribution in [0.25, 0.3) is 11.3 Å². The van der Waals surface area contributed by atoms with E-state index in [1.165, 1.54) is 42.8 Å². The van der Waals surface area contributed by atoms with E-state index in [2.05, 4.69) is 74.7 Å². The Morgan fingerprint density at radius 3 is 2.44 bits per heavy atom. The maximum absolute atomic E-state index is 4.78. The van der Waals surface area contributed by atoms with Crippen LogP contribution in [-0.4, -0.2) is 27.8 Å². The van der Waals surface area contributed by atoms with Crippen LogP contribution in [0.4, 0.5) is 0 Å². The summed E-state index contributed by atoms with van der Waals surface area (Å²) in [6, 6.07) is 11.1. The highest BCUT2D eigenvalue weighted by Crippen LogP contribution is 2.27. The van der Waals surface area contributed by atoms with Gasteiger partial charge in [0.1, 0.15) is 0 Å². The van der Waals surface area contributed by atoms with Gasteiger partial charge in [0.25, 0.3) is 0 Å². The number of hydrogen-bond acceptors (Lipinski definition) is 2. The predicted octanol–water partition coefficient (Wildman–Crippen LogP) is 5.08. The summed E-state index contributed by atoms with van der Waals surface area (Å²) >= 11 is 0. The van der Waals surface area contributed by atoms with E-state index in [1.807, 2.05) is 0 Å². The van der Waals surface area contributed by atoms with Crippen molar-refractivity contribution in [2.24, 2.45) is 18.9 Å². The molecule has 3 rings (SSSR count). The Kier molecular flexibility index (Phi) is 5.63. The summed E-state index contributed by atoms with van der Waals surface area (Å²) in [6.07, 6.45) is 2.66. The van der Waals surface area contributed by atoms with E-state index in [-0.39, 0.29) is 0 Å². The van der Waals surface area contributed by atoms with Gasteiger partial charge < -0.3 is 0 Å². The zero-order chi connectivity index (χ0) is 18.0. The highest BCUT2D eigenvalue weighted by Gasteiger charge is 2.22. The Labute approximate surface area is 153 Å². The summed E-state index contributed by atoms with van der Waals surface area (Å²) in [7, 11) is 2.08. The molecule has 1 aromatic carbocycles. The summed E-state index contributed by atoms with van der Waals surface area (Å²) in [4.78, 5) is 2.59. The van der Waals surface area contributed by atoms with Crippen LogP contribution in [-0.2, 0) is 13.6 Å². The molecule has 3 nitrogen and oxygen atoms in total. The van der Waals surface area contributed by atoms with Gasteiger partial charge in [-0.05, 0) is 61.4 Å². The molecule has 1 aromatic heterocycles. The molecular formula is C22H33N3. The van der Waals surface area contributed by atoms with Gasteiger partial charge in [-0.15, -0.1) is 0 Å². The van der Waals surface area contributed by atoms with Crippen LogP contribution in [0.15, 0.2) is 30.3 Å². The van der Waals surface area contributed by atoms with Gasteiger partial charge in [0.2, 0.25) is 0 Å². The third-order valence-corrected chi connectivity index (χ3v) is 5.79. The summed E-state index contributed by atoms with van der Waals surface area (Å²) in [6.45, 7) is 12.6. The third kappa shape index (κ3) is 4.33. The Hall–Kier alpha value is -1.61. The molecule has 0 spiro atoms. The molecule has 25 heavy (non-hydrogen) atoms. The Bertz CT molecular complexity index is 691. The number of aromatic nitrogens is 2. The summed E-state index contributed by atoms with van der Waals surface area (Å²) in [5.74, 6) is 2.26. The van der Waals surface area contributed by atoms with Crippen molar-refractivity contribution in [3.8, 4) is 11.3 Å². The van der Waals surface area contributed by atoms with Crippen molar-refractivity contribution >= 4 is 0 Å². The Balaban J connectivity index is 1.70. The molecule has 0 atom stereocenters. The van der Waals surface area contributed by atoms with Crippen molar-refractivity contribution in [1.82, 2.24) is 14.7 Å². The molecule has 2 aromatic rings. The van der Waals surface area contributed by atoms with Crippen LogP contribution >= 0.6 is 0 Å². The van der Waals surface area contributed by atoms with E-state index >= 15 is 0 Å². The lowest BCUT2D eigenvalue weighted by Gasteiger charge is -2.33. The maximum Gasteiger partial charge on any atom is 0.0926 e. The molecule has 0 unspecified atom stereocenters. The van der Waals surface area contributed by atoms with Gasteiger partial charge in [-0.25, -0.2) is 0 Å². The minimum atomic E-state index is 0.547. The Morgan fingerprint density at radius 1 is 1.08 bits per heavy atom. The van der Waals surface area contributed by atoms with Crippen molar-refractivity contribution < 1.29 is 0 Å². The van der Waals surface area contributed by atoms with Crippen LogP contribution in [0.3, 0.4) is 0 Å². The minimum Gasteiger partial charge on any atom is -0.298 e. The maximum atomic E-state index is 4.78. The second kappa shape index (κ2) is 7.74. The first-order valence-corrected chi connectivity index (χ1v) is 9.79. The van der Waals surface area contributed by atoms with Gasteiger partial charge in [-0.3, -0.25) is 9.58 Å². The monoisotopic (exact) mass is 339 g/mol. The number of benzene rings is 1. The van der Waals surface area contributed by atoms with Crippen LogP contribution < -0.4 is 0 Å². The molecule has 3 heteroatoms. The molecule has 1 aliphatic heterocycles. The van der Waals surface area contributed by atoms with Crippen LogP contribution in [0, 0.1) is 11.8 Å². The smallest absolute Gasteiger partial charge is 0.0926 e. The van der Waals surface area contributed by atoms with E-state index < -0.39 is 0 Å². The predicted molar refractivity (Wildman–Crippen MR) is 106 cm³/mol. The Morgan fingerprint density at radius 2 is 1.80 bits per heavy atom. The first-order valence-electron chi connectivity index (χ1n) is 9.79. The summed E-state index contributed by atoms with van der Waals surface area (Å²) < 4.78 is 2.06. The van der Waals surface area contributed by atoms with Gasteiger partial charge in [0, 0.05) is 19.2 Å². The summed E-state index contributed by atoms with van der Waals surface area (Å²) in [5, 5.41) is 4.78. The van der Waals surface area contributed by atoms with Crippen LogP contribution in [0.5, 0.6) is 0 Å². The van der Waals surface area contributed by atoms with Gasteiger partial charge in [0.05, 0.1) is 11.4 Å². The average Bonchev–Trinajstić information content (AvgIpc) is 2.96. The molecule has 0 aliphatic carbocycles. The van der Waals surface area contributed by atoms with Crippen molar-refractivity contribution in [2.75, 3.05) is 13.1 Å². The molecule has 0 N–H and O–H groups in total. The highest BCUT2D eigenvalue weighted by atomic mass is 15.3. The van der Waals surface area contributed by atoms with E-state index in [1.54, 1.807) is 0 Å². The molecule has 0 amide bonds. The van der Waals surface area contributed by atoms with Crippen molar-refractivity contribution in [2.45, 2.75) is 53.0 Å². The lowest BCUT2D eigenvalue weighted by Crippen LogP contribution is -2.35. The van der Waals surface area contributed by atoms with E-state index in [0.717, 1.165) is 24.1 Å². The van der Waals surface area contributed by atoms with Gasteiger partial charge in [0.15, 0.2) is 0 Å². The molecule has 136 valence electrons. The molecule has 1 saturated heterocycles. The lowest BCUT2D eigenvalue weighted by molar-refractivity contribution is 0.149. The molecule has 0 saturated carbocycles. The van der Waals surface area contributed by atoms with Gasteiger partial charge in [-0.1, -0.05) is 45.9 Å². The number of likely N-dealkylation sites (tertiary alicyclic amines) is 1. The second-order valence-corrected chi connectivity index (χ2v) is 8.28. The fourth-order valence-electron chi connectivity index (χ4n) is 3.86. The zero-order valence-corrected chi connectivity index (χ0v) is 16.5. The number of piperidine rings is 1.